The average molecular weight is 370 g/mol. The van der Waals surface area contributed by atoms with Gasteiger partial charge in [0.1, 0.15) is 5.75 Å². The Hall–Kier alpha value is -2.37. The normalized spacial score (nSPS) is 24.7. The van der Waals surface area contributed by atoms with Crippen molar-refractivity contribution in [3.8, 4) is 5.75 Å². The molecule has 0 aliphatic carbocycles. The van der Waals surface area contributed by atoms with E-state index in [1.165, 1.54) is 12.1 Å². The molecule has 140 valence electrons. The van der Waals surface area contributed by atoms with Gasteiger partial charge in [0.2, 0.25) is 0 Å². The lowest BCUT2D eigenvalue weighted by Gasteiger charge is -2.23. The van der Waals surface area contributed by atoms with Gasteiger partial charge in [0, 0.05) is 24.4 Å². The number of nitrogens with zero attached hydrogens (tertiary/aromatic N) is 2. The molecule has 0 saturated carbocycles. The first-order valence-corrected chi connectivity index (χ1v) is 7.96. The Morgan fingerprint density at radius 2 is 1.31 bits per heavy atom. The van der Waals surface area contributed by atoms with Gasteiger partial charge >= 0.3 is 6.36 Å². The van der Waals surface area contributed by atoms with Crippen molar-refractivity contribution in [2.24, 2.45) is 0 Å². The zero-order chi connectivity index (χ0) is 24.3. The minimum absolute atomic E-state index is 0.122. The summed E-state index contributed by atoms with van der Waals surface area (Å²) in [4.78, 5) is 1.28. The molecule has 0 radical (unpaired) electrons. The highest BCUT2D eigenvalue weighted by atomic mass is 19.4. The number of hydrogen-bond acceptors (Lipinski definition) is 3. The number of rotatable bonds is 3. The second kappa shape index (κ2) is 6.74. The van der Waals surface area contributed by atoms with Gasteiger partial charge in [-0.3, -0.25) is 0 Å². The SMILES string of the molecule is [2H]C1([2H])N(c2ccc(OC(F)(F)F)cc2)C([2H])([2H])C([2H])([2H])N1c1ccc(C(C)(C)C)cc1. The summed E-state index contributed by atoms with van der Waals surface area (Å²) in [5, 5.41) is 0. The van der Waals surface area contributed by atoms with Crippen LogP contribution in [0.5, 0.6) is 5.75 Å². The Morgan fingerprint density at radius 1 is 0.846 bits per heavy atom. The van der Waals surface area contributed by atoms with Gasteiger partial charge in [-0.15, -0.1) is 13.2 Å². The van der Waals surface area contributed by atoms with Gasteiger partial charge in [-0.25, -0.2) is 0 Å². The van der Waals surface area contributed by atoms with Crippen molar-refractivity contribution >= 4 is 11.4 Å². The summed E-state index contributed by atoms with van der Waals surface area (Å²) in [6, 6.07) is 10.5. The molecule has 1 aliphatic rings. The fourth-order valence-electron chi connectivity index (χ4n) is 2.40. The fraction of sp³-hybridized carbons (Fsp3) is 0.400. The van der Waals surface area contributed by atoms with E-state index < -0.39 is 31.7 Å². The quantitative estimate of drug-likeness (QED) is 0.742. The molecule has 0 atom stereocenters. The zero-order valence-electron chi connectivity index (χ0n) is 20.6. The third kappa shape index (κ3) is 4.42. The maximum Gasteiger partial charge on any atom is 0.573 e. The van der Waals surface area contributed by atoms with Crippen molar-refractivity contribution in [3.63, 3.8) is 0 Å². The van der Waals surface area contributed by atoms with Crippen LogP contribution in [0.3, 0.4) is 0 Å². The van der Waals surface area contributed by atoms with Crippen LogP contribution in [0.2, 0.25) is 0 Å². The standard InChI is InChI=1S/C20H23F3N2O/c1-19(2,3)15-4-6-16(7-5-15)24-12-13-25(14-24)17-8-10-18(11-9-17)26-20(21,22)23/h4-11H,12-14H2,1-3H3/i12D2,13D2,14D2. The van der Waals surface area contributed by atoms with Crippen molar-refractivity contribution in [2.75, 3.05) is 29.4 Å². The van der Waals surface area contributed by atoms with Gasteiger partial charge in [0.05, 0.1) is 14.8 Å². The van der Waals surface area contributed by atoms with Crippen LogP contribution in [0.25, 0.3) is 0 Å². The molecule has 3 rings (SSSR count). The Balaban J connectivity index is 2.04. The molecule has 0 unspecified atom stereocenters. The molecule has 3 nitrogen and oxygen atoms in total. The van der Waals surface area contributed by atoms with Crippen molar-refractivity contribution in [1.82, 2.24) is 0 Å². The first kappa shape index (κ1) is 12.1. The predicted molar refractivity (Wildman–Crippen MR) is 97.8 cm³/mol. The molecule has 1 saturated heterocycles. The molecule has 0 aromatic heterocycles. The monoisotopic (exact) mass is 370 g/mol. The van der Waals surface area contributed by atoms with Crippen LogP contribution in [0.4, 0.5) is 24.5 Å². The van der Waals surface area contributed by atoms with Crippen LogP contribution >= 0.6 is 0 Å². The van der Waals surface area contributed by atoms with Crippen molar-refractivity contribution in [2.45, 2.75) is 32.5 Å². The lowest BCUT2D eigenvalue weighted by molar-refractivity contribution is -0.274. The Bertz CT molecular complexity index is 973. The molecule has 1 fully saturated rings. The summed E-state index contributed by atoms with van der Waals surface area (Å²) in [5.74, 6) is -0.556. The van der Waals surface area contributed by atoms with Crippen LogP contribution in [0, 0.1) is 0 Å². The lowest BCUT2D eigenvalue weighted by Crippen LogP contribution is -2.25. The third-order valence-electron chi connectivity index (χ3n) is 3.79. The van der Waals surface area contributed by atoms with E-state index in [0.717, 1.165) is 29.8 Å². The highest BCUT2D eigenvalue weighted by Gasteiger charge is 2.31. The number of halogens is 3. The van der Waals surface area contributed by atoms with E-state index in [9.17, 15) is 13.2 Å². The second-order valence-electron chi connectivity index (χ2n) is 6.83. The summed E-state index contributed by atoms with van der Waals surface area (Å²) in [6.07, 6.45) is -4.91. The molecule has 0 amide bonds. The molecule has 2 aromatic carbocycles. The van der Waals surface area contributed by atoms with E-state index in [4.69, 9.17) is 8.22 Å². The Labute approximate surface area is 160 Å². The van der Waals surface area contributed by atoms with Crippen molar-refractivity contribution in [1.29, 1.82) is 0 Å². The maximum absolute atomic E-state index is 12.4. The summed E-state index contributed by atoms with van der Waals surface area (Å²) < 4.78 is 91.9. The van der Waals surface area contributed by atoms with Crippen molar-refractivity contribution in [3.05, 3.63) is 54.1 Å². The topological polar surface area (TPSA) is 15.7 Å². The third-order valence-corrected chi connectivity index (χ3v) is 3.79. The Kier molecular flexibility index (Phi) is 3.14. The minimum atomic E-state index is -4.91. The molecule has 2 aromatic rings. The fourth-order valence-corrected chi connectivity index (χ4v) is 2.40. The zero-order valence-corrected chi connectivity index (χ0v) is 14.6. The smallest absolute Gasteiger partial charge is 0.406 e. The van der Waals surface area contributed by atoms with E-state index in [2.05, 4.69) is 4.74 Å². The molecule has 1 aliphatic heterocycles. The number of ether oxygens (including phenoxy) is 1. The number of anilines is 2. The summed E-state index contributed by atoms with van der Waals surface area (Å²) in [6.45, 7) is -2.41. The van der Waals surface area contributed by atoms with Crippen LogP contribution in [0.1, 0.15) is 34.6 Å². The van der Waals surface area contributed by atoms with Gasteiger partial charge in [-0.1, -0.05) is 32.9 Å². The van der Waals surface area contributed by atoms with Crippen LogP contribution in [0.15, 0.2) is 48.5 Å². The maximum atomic E-state index is 12.4. The molecule has 26 heavy (non-hydrogen) atoms. The van der Waals surface area contributed by atoms with Gasteiger partial charge < -0.3 is 14.5 Å². The molecule has 0 N–H and O–H groups in total. The van der Waals surface area contributed by atoms with E-state index in [0.29, 0.717) is 9.80 Å². The average Bonchev–Trinajstić information content (AvgIpc) is 2.71. The molecule has 0 spiro atoms. The van der Waals surface area contributed by atoms with Gasteiger partial charge in [0.15, 0.2) is 0 Å². The van der Waals surface area contributed by atoms with Gasteiger partial charge in [-0.05, 0) is 47.4 Å². The summed E-state index contributed by atoms with van der Waals surface area (Å²) >= 11 is 0. The Morgan fingerprint density at radius 3 is 1.73 bits per heavy atom. The van der Waals surface area contributed by atoms with Gasteiger partial charge in [0.25, 0.3) is 0 Å². The van der Waals surface area contributed by atoms with Crippen LogP contribution in [-0.2, 0) is 5.41 Å². The van der Waals surface area contributed by atoms with E-state index in [1.54, 1.807) is 12.1 Å². The minimum Gasteiger partial charge on any atom is -0.406 e. The second-order valence-corrected chi connectivity index (χ2v) is 6.83. The highest BCUT2D eigenvalue weighted by Crippen LogP contribution is 2.29. The highest BCUT2D eigenvalue weighted by molar-refractivity contribution is 5.56. The van der Waals surface area contributed by atoms with E-state index >= 15 is 0 Å². The first-order chi connectivity index (χ1) is 14.4. The van der Waals surface area contributed by atoms with E-state index in [1.807, 2.05) is 20.8 Å². The molecular formula is C20H23F3N2O. The molecular weight excluding hydrogens is 341 g/mol. The first-order valence-electron chi connectivity index (χ1n) is 11.0. The largest absolute Gasteiger partial charge is 0.573 e. The number of hydrogen-bond donors (Lipinski definition) is 0. The van der Waals surface area contributed by atoms with Crippen molar-refractivity contribution < 1.29 is 26.1 Å². The van der Waals surface area contributed by atoms with Crippen LogP contribution in [-0.4, -0.2) is 26.0 Å². The summed E-state index contributed by atoms with van der Waals surface area (Å²) in [7, 11) is 0. The number of alkyl halides is 3. The van der Waals surface area contributed by atoms with E-state index in [-0.39, 0.29) is 16.8 Å². The molecule has 0 bridgehead atoms. The molecule has 6 heteroatoms. The van der Waals surface area contributed by atoms with Crippen LogP contribution < -0.4 is 14.5 Å². The predicted octanol–water partition coefficient (Wildman–Crippen LogP) is 5.17. The summed E-state index contributed by atoms with van der Waals surface area (Å²) in [5.41, 5.74) is 0.716. The lowest BCUT2D eigenvalue weighted by atomic mass is 9.87. The number of benzene rings is 2. The van der Waals surface area contributed by atoms with Gasteiger partial charge in [-0.2, -0.15) is 0 Å². The molecule has 1 heterocycles.